The number of imide groups is 1. The third kappa shape index (κ3) is 2.46. The van der Waals surface area contributed by atoms with Crippen LogP contribution in [-0.2, 0) is 16.1 Å². The van der Waals surface area contributed by atoms with Crippen molar-refractivity contribution in [3.63, 3.8) is 0 Å². The fourth-order valence-electron chi connectivity index (χ4n) is 2.51. The van der Waals surface area contributed by atoms with Gasteiger partial charge >= 0.3 is 0 Å². The zero-order chi connectivity index (χ0) is 15.7. The Morgan fingerprint density at radius 3 is 2.29 bits per heavy atom. The van der Waals surface area contributed by atoms with Crippen molar-refractivity contribution >= 4 is 23.2 Å². The molecule has 1 aromatic rings. The lowest BCUT2D eigenvalue weighted by molar-refractivity contribution is -0.384. The first-order chi connectivity index (χ1) is 9.88. The molecule has 21 heavy (non-hydrogen) atoms. The van der Waals surface area contributed by atoms with Crippen LogP contribution in [0.3, 0.4) is 0 Å². The van der Waals surface area contributed by atoms with Gasteiger partial charge in [0.2, 0.25) is 11.8 Å². The number of carbonyl (C=O) groups is 2. The summed E-state index contributed by atoms with van der Waals surface area (Å²) in [4.78, 5) is 35.9. The largest absolute Gasteiger partial charge is 0.382 e. The van der Waals surface area contributed by atoms with Crippen LogP contribution >= 0.6 is 0 Å². The summed E-state index contributed by atoms with van der Waals surface area (Å²) in [5, 5.41) is 13.8. The van der Waals surface area contributed by atoms with E-state index in [-0.39, 0.29) is 35.9 Å². The Labute approximate surface area is 122 Å². The van der Waals surface area contributed by atoms with Crippen LogP contribution in [0.5, 0.6) is 0 Å². The molecule has 1 aromatic carbocycles. The first-order valence-electron chi connectivity index (χ1n) is 6.67. The number of nitro benzene ring substituents is 1. The van der Waals surface area contributed by atoms with Crippen LogP contribution in [-0.4, -0.2) is 28.7 Å². The molecule has 2 amide bonds. The molecule has 0 saturated carbocycles. The Morgan fingerprint density at radius 2 is 1.81 bits per heavy atom. The third-order valence-corrected chi connectivity index (χ3v) is 3.97. The molecule has 0 spiro atoms. The minimum atomic E-state index is -0.492. The van der Waals surface area contributed by atoms with Gasteiger partial charge in [-0.25, -0.2) is 0 Å². The van der Waals surface area contributed by atoms with E-state index in [1.165, 1.54) is 11.0 Å². The highest BCUT2D eigenvalue weighted by Crippen LogP contribution is 2.32. The summed E-state index contributed by atoms with van der Waals surface area (Å²) < 4.78 is 0. The second-order valence-electron chi connectivity index (χ2n) is 5.16. The van der Waals surface area contributed by atoms with Gasteiger partial charge < -0.3 is 5.32 Å². The van der Waals surface area contributed by atoms with Crippen molar-refractivity contribution in [3.05, 3.63) is 33.9 Å². The van der Waals surface area contributed by atoms with Gasteiger partial charge in [-0.15, -0.1) is 0 Å². The molecule has 7 nitrogen and oxygen atoms in total. The zero-order valence-electron chi connectivity index (χ0n) is 12.1. The van der Waals surface area contributed by atoms with E-state index >= 15 is 0 Å². The number of anilines is 1. The molecule has 1 N–H and O–H groups in total. The predicted molar refractivity (Wildman–Crippen MR) is 76.5 cm³/mol. The Balaban J connectivity index is 2.36. The lowest BCUT2D eigenvalue weighted by Gasteiger charge is -2.17. The number of nitrogens with zero attached hydrogens (tertiary/aromatic N) is 2. The molecular formula is C14H17N3O4. The quantitative estimate of drug-likeness (QED) is 0.518. The van der Waals surface area contributed by atoms with Crippen LogP contribution in [0, 0.1) is 22.0 Å². The number of likely N-dealkylation sites (tertiary alicyclic amines) is 1. The lowest BCUT2D eigenvalue weighted by Crippen LogP contribution is -2.30. The van der Waals surface area contributed by atoms with Crippen LogP contribution in [0.4, 0.5) is 11.4 Å². The molecule has 7 heteroatoms. The average Bonchev–Trinajstić information content (AvgIpc) is 2.64. The smallest absolute Gasteiger partial charge is 0.292 e. The van der Waals surface area contributed by atoms with Crippen LogP contribution in [0.25, 0.3) is 0 Å². The van der Waals surface area contributed by atoms with Crippen LogP contribution in [0.1, 0.15) is 19.4 Å². The second-order valence-corrected chi connectivity index (χ2v) is 5.16. The molecule has 1 saturated heterocycles. The van der Waals surface area contributed by atoms with Gasteiger partial charge in [0.05, 0.1) is 11.5 Å². The number of carbonyl (C=O) groups excluding carboxylic acids is 2. The summed E-state index contributed by atoms with van der Waals surface area (Å²) in [6.45, 7) is 3.48. The van der Waals surface area contributed by atoms with Gasteiger partial charge in [0, 0.05) is 30.5 Å². The molecule has 1 heterocycles. The Morgan fingerprint density at radius 1 is 1.24 bits per heavy atom. The average molecular weight is 291 g/mol. The summed E-state index contributed by atoms with van der Waals surface area (Å²) in [6, 6.07) is 4.60. The van der Waals surface area contributed by atoms with Gasteiger partial charge in [0.15, 0.2) is 0 Å². The van der Waals surface area contributed by atoms with E-state index < -0.39 is 4.92 Å². The number of hydrogen-bond acceptors (Lipinski definition) is 5. The molecule has 1 aliphatic rings. The second kappa shape index (κ2) is 5.51. The molecule has 2 rings (SSSR count). The highest BCUT2D eigenvalue weighted by Gasteiger charge is 2.42. The van der Waals surface area contributed by atoms with E-state index in [2.05, 4.69) is 5.32 Å². The van der Waals surface area contributed by atoms with Crippen molar-refractivity contribution in [2.24, 2.45) is 11.8 Å². The molecule has 2 atom stereocenters. The first-order valence-corrected chi connectivity index (χ1v) is 6.67. The molecule has 0 radical (unpaired) electrons. The maximum Gasteiger partial charge on any atom is 0.292 e. The van der Waals surface area contributed by atoms with Crippen molar-refractivity contribution in [1.82, 2.24) is 4.90 Å². The molecule has 0 aliphatic carbocycles. The van der Waals surface area contributed by atoms with Gasteiger partial charge in [0.25, 0.3) is 5.69 Å². The highest BCUT2D eigenvalue weighted by molar-refractivity contribution is 6.04. The first kappa shape index (κ1) is 15.0. The molecule has 1 fully saturated rings. The molecule has 2 unspecified atom stereocenters. The Bertz CT molecular complexity index is 594. The monoisotopic (exact) mass is 291 g/mol. The number of rotatable bonds is 4. The predicted octanol–water partition coefficient (Wildman–Crippen LogP) is 1.78. The third-order valence-electron chi connectivity index (χ3n) is 3.97. The normalized spacial score (nSPS) is 21.8. The number of nitro groups is 1. The van der Waals surface area contributed by atoms with Crippen LogP contribution in [0.2, 0.25) is 0 Å². The van der Waals surface area contributed by atoms with Crippen molar-refractivity contribution in [1.29, 1.82) is 0 Å². The number of para-hydroxylation sites is 1. The maximum atomic E-state index is 12.1. The maximum absolute atomic E-state index is 12.1. The minimum absolute atomic E-state index is 0.0458. The van der Waals surface area contributed by atoms with Gasteiger partial charge in [-0.1, -0.05) is 26.0 Å². The molecule has 0 bridgehead atoms. The van der Waals surface area contributed by atoms with Crippen molar-refractivity contribution in [3.8, 4) is 0 Å². The van der Waals surface area contributed by atoms with Gasteiger partial charge in [0.1, 0.15) is 5.69 Å². The molecular weight excluding hydrogens is 274 g/mol. The lowest BCUT2D eigenvalue weighted by atomic mass is 10.00. The number of nitrogens with one attached hydrogen (secondary N) is 1. The van der Waals surface area contributed by atoms with Crippen molar-refractivity contribution in [2.45, 2.75) is 20.4 Å². The Kier molecular flexibility index (Phi) is 3.93. The van der Waals surface area contributed by atoms with E-state index in [1.54, 1.807) is 33.0 Å². The topological polar surface area (TPSA) is 92.6 Å². The minimum Gasteiger partial charge on any atom is -0.382 e. The SMILES string of the molecule is CNc1c(CN2C(=O)C(C)C(C)C2=O)cccc1[N+](=O)[O-]. The zero-order valence-corrected chi connectivity index (χ0v) is 12.1. The summed E-state index contributed by atoms with van der Waals surface area (Å²) in [6.07, 6.45) is 0. The molecule has 0 aromatic heterocycles. The van der Waals surface area contributed by atoms with Crippen LogP contribution < -0.4 is 5.32 Å². The summed E-state index contributed by atoms with van der Waals surface area (Å²) >= 11 is 0. The fraction of sp³-hybridized carbons (Fsp3) is 0.429. The van der Waals surface area contributed by atoms with E-state index in [0.29, 0.717) is 11.3 Å². The van der Waals surface area contributed by atoms with Gasteiger partial charge in [-0.2, -0.15) is 0 Å². The summed E-state index contributed by atoms with van der Waals surface area (Å²) in [5.41, 5.74) is 0.806. The van der Waals surface area contributed by atoms with E-state index in [4.69, 9.17) is 0 Å². The number of benzene rings is 1. The van der Waals surface area contributed by atoms with Gasteiger partial charge in [-0.3, -0.25) is 24.6 Å². The van der Waals surface area contributed by atoms with E-state index in [0.717, 1.165) is 0 Å². The standard InChI is InChI=1S/C14H17N3O4/c1-8-9(2)14(19)16(13(8)18)7-10-5-4-6-11(17(20)21)12(10)15-3/h4-6,8-9,15H,7H2,1-3H3. The summed E-state index contributed by atoms with van der Waals surface area (Å²) in [7, 11) is 1.57. The van der Waals surface area contributed by atoms with Crippen molar-refractivity contribution in [2.75, 3.05) is 12.4 Å². The fourth-order valence-corrected chi connectivity index (χ4v) is 2.51. The van der Waals surface area contributed by atoms with Gasteiger partial charge in [-0.05, 0) is 0 Å². The number of amides is 2. The van der Waals surface area contributed by atoms with E-state index in [1.807, 2.05) is 0 Å². The molecule has 1 aliphatic heterocycles. The van der Waals surface area contributed by atoms with E-state index in [9.17, 15) is 19.7 Å². The molecule has 112 valence electrons. The number of hydrogen-bond donors (Lipinski definition) is 1. The summed E-state index contributed by atoms with van der Waals surface area (Å²) in [5.74, 6) is -1.18. The van der Waals surface area contributed by atoms with Crippen molar-refractivity contribution < 1.29 is 14.5 Å². The highest BCUT2D eigenvalue weighted by atomic mass is 16.6. The Hall–Kier alpha value is -2.44. The van der Waals surface area contributed by atoms with Crippen LogP contribution in [0.15, 0.2) is 18.2 Å².